The van der Waals surface area contributed by atoms with Crippen LogP contribution in [0.1, 0.15) is 42.5 Å². The molecule has 1 aliphatic rings. The number of benzene rings is 1. The zero-order chi connectivity index (χ0) is 16.4. The number of hydrogen-bond acceptors (Lipinski definition) is 6. The molecule has 3 aromatic rings. The molecule has 1 aromatic carbocycles. The predicted octanol–water partition coefficient (Wildman–Crippen LogP) is 2.66. The molecular weight excluding hydrogens is 308 g/mol. The monoisotopic (exact) mass is 324 g/mol. The molecule has 3 heterocycles. The predicted molar refractivity (Wildman–Crippen MR) is 83.8 cm³/mol. The molecule has 1 amide bonds. The van der Waals surface area contributed by atoms with Crippen LogP contribution in [0, 0.1) is 0 Å². The van der Waals surface area contributed by atoms with Gasteiger partial charge < -0.3 is 14.4 Å². The minimum atomic E-state index is 0.0880. The van der Waals surface area contributed by atoms with Crippen molar-refractivity contribution in [2.45, 2.75) is 31.7 Å². The first-order chi connectivity index (χ1) is 11.8. The van der Waals surface area contributed by atoms with Crippen LogP contribution in [0.15, 0.2) is 45.6 Å². The van der Waals surface area contributed by atoms with E-state index in [-0.39, 0.29) is 11.9 Å². The molecule has 0 bridgehead atoms. The number of nitrogens with one attached hydrogen (secondary N) is 1. The summed E-state index contributed by atoms with van der Waals surface area (Å²) in [6, 6.07) is 9.70. The van der Waals surface area contributed by atoms with E-state index in [1.165, 1.54) is 0 Å². The van der Waals surface area contributed by atoms with E-state index in [4.69, 9.17) is 9.05 Å². The Hall–Kier alpha value is -2.96. The van der Waals surface area contributed by atoms with Crippen LogP contribution in [0.2, 0.25) is 0 Å². The molecule has 122 valence electrons. The molecule has 0 aliphatic carbocycles. The second kappa shape index (κ2) is 6.27. The minimum Gasteiger partial charge on any atom is -0.361 e. The van der Waals surface area contributed by atoms with E-state index in [1.54, 1.807) is 12.3 Å². The summed E-state index contributed by atoms with van der Waals surface area (Å²) in [6.45, 7) is 0. The van der Waals surface area contributed by atoms with Crippen LogP contribution >= 0.6 is 0 Å². The lowest BCUT2D eigenvalue weighted by atomic mass is 9.96. The van der Waals surface area contributed by atoms with Gasteiger partial charge in [0.25, 0.3) is 5.89 Å². The fourth-order valence-corrected chi connectivity index (χ4v) is 2.85. The van der Waals surface area contributed by atoms with Gasteiger partial charge in [-0.1, -0.05) is 22.4 Å². The van der Waals surface area contributed by atoms with E-state index >= 15 is 0 Å². The van der Waals surface area contributed by atoms with Crippen molar-refractivity contribution in [3.05, 3.63) is 53.7 Å². The summed E-state index contributed by atoms with van der Waals surface area (Å²) >= 11 is 0. The zero-order valence-electron chi connectivity index (χ0n) is 12.9. The van der Waals surface area contributed by atoms with Gasteiger partial charge in [0.15, 0.2) is 5.82 Å². The Morgan fingerprint density at radius 2 is 2.04 bits per heavy atom. The maximum absolute atomic E-state index is 11.5. The topological polar surface area (TPSA) is 94.0 Å². The smallest absolute Gasteiger partial charge is 0.257 e. The van der Waals surface area contributed by atoms with Crippen LogP contribution in [0.25, 0.3) is 11.5 Å². The lowest BCUT2D eigenvalue weighted by Gasteiger charge is -2.23. The summed E-state index contributed by atoms with van der Waals surface area (Å²) in [5, 5.41) is 10.6. The third-order valence-corrected chi connectivity index (χ3v) is 4.08. The van der Waals surface area contributed by atoms with Crippen molar-refractivity contribution in [3.63, 3.8) is 0 Å². The number of carbonyl (C=O) groups excluding carboxylic acids is 1. The van der Waals surface area contributed by atoms with Gasteiger partial charge in [-0.05, 0) is 30.5 Å². The van der Waals surface area contributed by atoms with Crippen LogP contribution < -0.4 is 5.32 Å². The Morgan fingerprint density at radius 3 is 2.79 bits per heavy atom. The maximum atomic E-state index is 11.5. The first-order valence-corrected chi connectivity index (χ1v) is 7.90. The largest absolute Gasteiger partial charge is 0.361 e. The van der Waals surface area contributed by atoms with Gasteiger partial charge in [-0.3, -0.25) is 4.79 Å². The summed E-state index contributed by atoms with van der Waals surface area (Å²) in [5.41, 5.74) is 1.94. The van der Waals surface area contributed by atoms with Gasteiger partial charge in [-0.2, -0.15) is 4.98 Å². The highest BCUT2D eigenvalue weighted by Gasteiger charge is 2.20. The van der Waals surface area contributed by atoms with Crippen molar-refractivity contribution in [1.82, 2.24) is 20.6 Å². The molecule has 1 unspecified atom stereocenters. The normalized spacial score (nSPS) is 17.7. The molecule has 0 saturated carbocycles. The molecule has 0 spiro atoms. The van der Waals surface area contributed by atoms with E-state index in [0.717, 1.165) is 24.0 Å². The summed E-state index contributed by atoms with van der Waals surface area (Å²) in [7, 11) is 0. The van der Waals surface area contributed by atoms with Crippen LogP contribution in [0.3, 0.4) is 0 Å². The number of piperidine rings is 1. The van der Waals surface area contributed by atoms with Gasteiger partial charge in [0.2, 0.25) is 5.91 Å². The van der Waals surface area contributed by atoms with Crippen molar-refractivity contribution < 1.29 is 13.8 Å². The Bertz CT molecular complexity index is 824. The molecule has 1 atom stereocenters. The SMILES string of the molecule is O=C1CCCC(c2ccc(-c3nc(Cc4ccno4)no3)cc2)N1. The van der Waals surface area contributed by atoms with Crippen molar-refractivity contribution in [2.24, 2.45) is 0 Å². The molecule has 2 aromatic heterocycles. The van der Waals surface area contributed by atoms with E-state index < -0.39 is 0 Å². The van der Waals surface area contributed by atoms with Gasteiger partial charge >= 0.3 is 0 Å². The number of nitrogens with zero attached hydrogens (tertiary/aromatic N) is 3. The Labute approximate surface area is 138 Å². The summed E-state index contributed by atoms with van der Waals surface area (Å²) < 4.78 is 10.3. The van der Waals surface area contributed by atoms with Crippen molar-refractivity contribution in [2.75, 3.05) is 0 Å². The molecule has 24 heavy (non-hydrogen) atoms. The third kappa shape index (κ3) is 3.05. The highest BCUT2D eigenvalue weighted by molar-refractivity contribution is 5.77. The van der Waals surface area contributed by atoms with Gasteiger partial charge in [0.1, 0.15) is 5.76 Å². The standard InChI is InChI=1S/C17H16N4O3/c22-16-3-1-2-14(19-16)11-4-6-12(7-5-11)17-20-15(21-24-17)10-13-8-9-18-23-13/h4-9,14H,1-3,10H2,(H,19,22). The molecule has 7 heteroatoms. The lowest BCUT2D eigenvalue weighted by Crippen LogP contribution is -2.32. The van der Waals surface area contributed by atoms with E-state index in [2.05, 4.69) is 20.6 Å². The molecule has 1 aliphatic heterocycles. The van der Waals surface area contributed by atoms with Crippen molar-refractivity contribution >= 4 is 5.91 Å². The van der Waals surface area contributed by atoms with Crippen LogP contribution in [0.4, 0.5) is 0 Å². The summed E-state index contributed by atoms with van der Waals surface area (Å²) in [4.78, 5) is 15.9. The summed E-state index contributed by atoms with van der Waals surface area (Å²) in [5.74, 6) is 1.81. The second-order valence-electron chi connectivity index (χ2n) is 5.81. The molecule has 1 saturated heterocycles. The first-order valence-electron chi connectivity index (χ1n) is 7.90. The Morgan fingerprint density at radius 1 is 1.17 bits per heavy atom. The van der Waals surface area contributed by atoms with E-state index in [0.29, 0.717) is 30.3 Å². The zero-order valence-corrected chi connectivity index (χ0v) is 12.9. The number of carbonyl (C=O) groups is 1. The van der Waals surface area contributed by atoms with Gasteiger partial charge in [-0.25, -0.2) is 0 Å². The molecule has 1 N–H and O–H groups in total. The number of rotatable bonds is 4. The maximum Gasteiger partial charge on any atom is 0.257 e. The fourth-order valence-electron chi connectivity index (χ4n) is 2.85. The quantitative estimate of drug-likeness (QED) is 0.793. The number of hydrogen-bond donors (Lipinski definition) is 1. The van der Waals surface area contributed by atoms with Gasteiger partial charge in [0.05, 0.1) is 18.7 Å². The molecular formula is C17H16N4O3. The van der Waals surface area contributed by atoms with Gasteiger partial charge in [0, 0.05) is 18.1 Å². The highest BCUT2D eigenvalue weighted by atomic mass is 16.5. The number of amides is 1. The van der Waals surface area contributed by atoms with E-state index in [1.807, 2.05) is 24.3 Å². The Balaban J connectivity index is 1.48. The average molecular weight is 324 g/mol. The highest BCUT2D eigenvalue weighted by Crippen LogP contribution is 2.26. The Kier molecular flexibility index (Phi) is 3.82. The fraction of sp³-hybridized carbons (Fsp3) is 0.294. The third-order valence-electron chi connectivity index (χ3n) is 4.08. The number of aromatic nitrogens is 3. The second-order valence-corrected chi connectivity index (χ2v) is 5.81. The van der Waals surface area contributed by atoms with E-state index in [9.17, 15) is 4.79 Å². The van der Waals surface area contributed by atoms with Crippen LogP contribution in [-0.2, 0) is 11.2 Å². The summed E-state index contributed by atoms with van der Waals surface area (Å²) in [6.07, 6.45) is 4.53. The lowest BCUT2D eigenvalue weighted by molar-refractivity contribution is -0.123. The van der Waals surface area contributed by atoms with Crippen LogP contribution in [0.5, 0.6) is 0 Å². The van der Waals surface area contributed by atoms with Gasteiger partial charge in [-0.15, -0.1) is 0 Å². The van der Waals surface area contributed by atoms with Crippen molar-refractivity contribution in [1.29, 1.82) is 0 Å². The molecule has 4 rings (SSSR count). The molecule has 1 fully saturated rings. The first kappa shape index (κ1) is 14.6. The molecule has 0 radical (unpaired) electrons. The average Bonchev–Trinajstić information content (AvgIpc) is 3.28. The van der Waals surface area contributed by atoms with Crippen molar-refractivity contribution in [3.8, 4) is 11.5 Å². The minimum absolute atomic E-state index is 0.0880. The van der Waals surface area contributed by atoms with Crippen LogP contribution in [-0.4, -0.2) is 21.2 Å². The molecule has 7 nitrogen and oxygen atoms in total.